The van der Waals surface area contributed by atoms with Crippen LogP contribution in [0.5, 0.6) is 0 Å². The molecular weight excluding hydrogens is 284 g/mol. The summed E-state index contributed by atoms with van der Waals surface area (Å²) in [5.41, 5.74) is 0. The van der Waals surface area contributed by atoms with Gasteiger partial charge in [-0.2, -0.15) is 0 Å². The quantitative estimate of drug-likeness (QED) is 0.772. The lowest BCUT2D eigenvalue weighted by Crippen LogP contribution is -2.36. The first-order valence-electron chi connectivity index (χ1n) is 7.11. The predicted molar refractivity (Wildman–Crippen MR) is 86.4 cm³/mol. The molecule has 112 valence electrons. The van der Waals surface area contributed by atoms with Gasteiger partial charge in [0.1, 0.15) is 5.03 Å². The molecule has 2 rings (SSSR count). The zero-order valence-electron chi connectivity index (χ0n) is 12.1. The maximum absolute atomic E-state index is 12.0. The fourth-order valence-corrected chi connectivity index (χ4v) is 2.97. The predicted octanol–water partition coefficient (Wildman–Crippen LogP) is 2.60. The summed E-state index contributed by atoms with van der Waals surface area (Å²) in [5, 5.41) is 14.9. The van der Waals surface area contributed by atoms with Gasteiger partial charge in [0.2, 0.25) is 5.91 Å². The van der Waals surface area contributed by atoms with Crippen LogP contribution in [-0.4, -0.2) is 34.4 Å². The molecule has 0 fully saturated rings. The van der Waals surface area contributed by atoms with E-state index >= 15 is 0 Å². The Morgan fingerprint density at radius 3 is 2.95 bits per heavy atom. The van der Waals surface area contributed by atoms with Gasteiger partial charge in [-0.25, -0.2) is 4.98 Å². The first-order chi connectivity index (χ1) is 10.2. The number of carbonyl (C=O) groups excluding carboxylic acids is 1. The summed E-state index contributed by atoms with van der Waals surface area (Å²) in [6.45, 7) is 2.09. The van der Waals surface area contributed by atoms with Crippen molar-refractivity contribution in [2.45, 2.75) is 30.8 Å². The number of thioether (sulfide) groups is 1. The highest BCUT2D eigenvalue weighted by atomic mass is 32.2. The molecule has 1 heterocycles. The van der Waals surface area contributed by atoms with Crippen LogP contribution in [-0.2, 0) is 4.79 Å². The van der Waals surface area contributed by atoms with Crippen molar-refractivity contribution in [2.24, 2.45) is 0 Å². The molecule has 21 heavy (non-hydrogen) atoms. The summed E-state index contributed by atoms with van der Waals surface area (Å²) in [5.74, 6) is 0.318. The number of amides is 1. The van der Waals surface area contributed by atoms with Crippen molar-refractivity contribution in [3.8, 4) is 0 Å². The maximum atomic E-state index is 12.0. The summed E-state index contributed by atoms with van der Waals surface area (Å²) in [6.07, 6.45) is 3.19. The topological polar surface area (TPSA) is 62.2 Å². The summed E-state index contributed by atoms with van der Waals surface area (Å²) in [7, 11) is 0. The van der Waals surface area contributed by atoms with E-state index in [0.29, 0.717) is 12.2 Å². The second kappa shape index (κ2) is 8.00. The number of nitrogens with zero attached hydrogens (tertiary/aromatic N) is 1. The van der Waals surface area contributed by atoms with Crippen molar-refractivity contribution in [3.63, 3.8) is 0 Å². The van der Waals surface area contributed by atoms with Crippen molar-refractivity contribution < 1.29 is 9.90 Å². The van der Waals surface area contributed by atoms with E-state index in [0.717, 1.165) is 22.2 Å². The number of benzene rings is 1. The standard InChI is InChI=1S/C16H20N2O2S/c1-2-13(8-10-19)18-15(20)11-21-16-14-6-4-3-5-12(14)7-9-17-16/h3-7,9,13,19H,2,8,10-11H2,1H3,(H,18,20). The highest BCUT2D eigenvalue weighted by Gasteiger charge is 2.11. The Kier molecular flexibility index (Phi) is 6.02. The maximum Gasteiger partial charge on any atom is 0.230 e. The van der Waals surface area contributed by atoms with Crippen molar-refractivity contribution in [1.29, 1.82) is 0 Å². The van der Waals surface area contributed by atoms with Crippen LogP contribution in [0.25, 0.3) is 10.8 Å². The Labute approximate surface area is 129 Å². The second-order valence-corrected chi connectivity index (χ2v) is 5.77. The summed E-state index contributed by atoms with van der Waals surface area (Å²) in [4.78, 5) is 16.3. The molecule has 4 nitrogen and oxygen atoms in total. The number of fused-ring (bicyclic) bond motifs is 1. The van der Waals surface area contributed by atoms with E-state index in [4.69, 9.17) is 5.11 Å². The molecule has 0 saturated carbocycles. The highest BCUT2D eigenvalue weighted by molar-refractivity contribution is 8.00. The van der Waals surface area contributed by atoms with Crippen LogP contribution >= 0.6 is 11.8 Å². The van der Waals surface area contributed by atoms with Crippen LogP contribution in [0.2, 0.25) is 0 Å². The number of nitrogens with one attached hydrogen (secondary N) is 1. The van der Waals surface area contributed by atoms with E-state index in [1.807, 2.05) is 37.3 Å². The Morgan fingerprint density at radius 2 is 2.19 bits per heavy atom. The van der Waals surface area contributed by atoms with Crippen LogP contribution < -0.4 is 5.32 Å². The van der Waals surface area contributed by atoms with Crippen LogP contribution in [0, 0.1) is 0 Å². The molecule has 0 aliphatic heterocycles. The molecule has 1 aromatic heterocycles. The molecule has 5 heteroatoms. The number of aromatic nitrogens is 1. The molecular formula is C16H20N2O2S. The second-order valence-electron chi connectivity index (χ2n) is 4.81. The number of carbonyl (C=O) groups is 1. The molecule has 1 amide bonds. The van der Waals surface area contributed by atoms with Gasteiger partial charge in [0.15, 0.2) is 0 Å². The fourth-order valence-electron chi connectivity index (χ4n) is 2.14. The Bertz CT molecular complexity index is 598. The lowest BCUT2D eigenvalue weighted by molar-refractivity contribution is -0.119. The third-order valence-corrected chi connectivity index (χ3v) is 4.32. The van der Waals surface area contributed by atoms with Crippen molar-refractivity contribution in [2.75, 3.05) is 12.4 Å². The average Bonchev–Trinajstić information content (AvgIpc) is 2.52. The van der Waals surface area contributed by atoms with Gasteiger partial charge in [0.05, 0.1) is 5.75 Å². The van der Waals surface area contributed by atoms with Gasteiger partial charge < -0.3 is 10.4 Å². The molecule has 0 aliphatic carbocycles. The van der Waals surface area contributed by atoms with E-state index in [9.17, 15) is 4.79 Å². The minimum absolute atomic E-state index is 0.0185. The zero-order valence-corrected chi connectivity index (χ0v) is 12.9. The molecule has 0 aliphatic rings. The Hall–Kier alpha value is -1.59. The van der Waals surface area contributed by atoms with Gasteiger partial charge in [0.25, 0.3) is 0 Å². The fraction of sp³-hybridized carbons (Fsp3) is 0.375. The van der Waals surface area contributed by atoms with Gasteiger partial charge in [0, 0.05) is 24.2 Å². The first kappa shape index (κ1) is 15.8. The SMILES string of the molecule is CCC(CCO)NC(=O)CSc1nccc2ccccc12. The van der Waals surface area contributed by atoms with Crippen LogP contribution in [0.1, 0.15) is 19.8 Å². The van der Waals surface area contributed by atoms with E-state index < -0.39 is 0 Å². The normalized spacial score (nSPS) is 12.3. The summed E-state index contributed by atoms with van der Waals surface area (Å²) in [6, 6.07) is 10.0. The monoisotopic (exact) mass is 304 g/mol. The van der Waals surface area contributed by atoms with Gasteiger partial charge in [-0.15, -0.1) is 0 Å². The number of hydrogen-bond donors (Lipinski definition) is 2. The Balaban J connectivity index is 1.97. The highest BCUT2D eigenvalue weighted by Crippen LogP contribution is 2.25. The zero-order chi connectivity index (χ0) is 15.1. The van der Waals surface area contributed by atoms with E-state index in [2.05, 4.69) is 10.3 Å². The molecule has 0 saturated heterocycles. The number of hydrogen-bond acceptors (Lipinski definition) is 4. The van der Waals surface area contributed by atoms with Crippen LogP contribution in [0.3, 0.4) is 0 Å². The Morgan fingerprint density at radius 1 is 1.38 bits per heavy atom. The minimum Gasteiger partial charge on any atom is -0.396 e. The molecule has 1 aromatic carbocycles. The molecule has 0 spiro atoms. The smallest absolute Gasteiger partial charge is 0.230 e. The number of rotatable bonds is 7. The molecule has 0 radical (unpaired) electrons. The third-order valence-electron chi connectivity index (χ3n) is 3.31. The first-order valence-corrected chi connectivity index (χ1v) is 8.10. The average molecular weight is 304 g/mol. The minimum atomic E-state index is -0.0185. The van der Waals surface area contributed by atoms with E-state index in [1.54, 1.807) is 6.20 Å². The number of aliphatic hydroxyl groups excluding tert-OH is 1. The van der Waals surface area contributed by atoms with Gasteiger partial charge in [-0.1, -0.05) is 43.0 Å². The molecule has 2 aromatic rings. The largest absolute Gasteiger partial charge is 0.396 e. The number of aliphatic hydroxyl groups is 1. The molecule has 2 N–H and O–H groups in total. The number of pyridine rings is 1. The molecule has 1 atom stereocenters. The van der Waals surface area contributed by atoms with Crippen molar-refractivity contribution >= 4 is 28.4 Å². The molecule has 0 bridgehead atoms. The van der Waals surface area contributed by atoms with Gasteiger partial charge in [-0.3, -0.25) is 4.79 Å². The lowest BCUT2D eigenvalue weighted by Gasteiger charge is -2.15. The summed E-state index contributed by atoms with van der Waals surface area (Å²) >= 11 is 1.44. The van der Waals surface area contributed by atoms with E-state index in [1.165, 1.54) is 11.8 Å². The van der Waals surface area contributed by atoms with Gasteiger partial charge in [-0.05, 0) is 24.3 Å². The third kappa shape index (κ3) is 4.44. The van der Waals surface area contributed by atoms with Gasteiger partial charge >= 0.3 is 0 Å². The van der Waals surface area contributed by atoms with Crippen LogP contribution in [0.4, 0.5) is 0 Å². The molecule has 1 unspecified atom stereocenters. The van der Waals surface area contributed by atoms with E-state index in [-0.39, 0.29) is 18.6 Å². The van der Waals surface area contributed by atoms with Crippen LogP contribution in [0.15, 0.2) is 41.6 Å². The lowest BCUT2D eigenvalue weighted by atomic mass is 10.1. The summed E-state index contributed by atoms with van der Waals surface area (Å²) < 4.78 is 0. The van der Waals surface area contributed by atoms with Crippen molar-refractivity contribution in [1.82, 2.24) is 10.3 Å². The van der Waals surface area contributed by atoms with Crippen molar-refractivity contribution in [3.05, 3.63) is 36.5 Å².